The second-order valence-electron chi connectivity index (χ2n) is 8.01. The van der Waals surface area contributed by atoms with Gasteiger partial charge in [0.15, 0.2) is 0 Å². The molecule has 0 spiro atoms. The van der Waals surface area contributed by atoms with E-state index in [1.807, 2.05) is 45.9 Å². The minimum Gasteiger partial charge on any atom is -0.355 e. The van der Waals surface area contributed by atoms with E-state index < -0.39 is 0 Å². The van der Waals surface area contributed by atoms with Crippen molar-refractivity contribution in [2.24, 2.45) is 5.92 Å². The molecule has 2 aliphatic rings. The number of fused-ring (bicyclic) bond motifs is 4. The van der Waals surface area contributed by atoms with E-state index >= 15 is 0 Å². The Balaban J connectivity index is 1.21. The van der Waals surface area contributed by atoms with Crippen molar-refractivity contribution in [1.82, 2.24) is 14.8 Å². The lowest BCUT2D eigenvalue weighted by Crippen LogP contribution is -2.49. The van der Waals surface area contributed by atoms with Crippen molar-refractivity contribution in [3.63, 3.8) is 0 Å². The van der Waals surface area contributed by atoms with Gasteiger partial charge in [-0.25, -0.2) is 0 Å². The van der Waals surface area contributed by atoms with Crippen LogP contribution < -0.4 is 10.9 Å². The minimum atomic E-state index is -0.0777. The standard InChI is InChI=1S/C23H27N3O3S/c27-21(24-11-12-30-19-5-2-1-3-6-19)9-10-22(28)25-14-17-13-18(16-25)20-7-4-8-23(29)26(20)15-17/h1-8,17-18H,9-16H2,(H,24,27). The van der Waals surface area contributed by atoms with Crippen LogP contribution in [0.4, 0.5) is 0 Å². The van der Waals surface area contributed by atoms with Crippen molar-refractivity contribution in [3.8, 4) is 0 Å². The molecule has 3 heterocycles. The number of amides is 2. The third-order valence-electron chi connectivity index (χ3n) is 5.83. The quantitative estimate of drug-likeness (QED) is 0.547. The van der Waals surface area contributed by atoms with Crippen LogP contribution in [0.5, 0.6) is 0 Å². The SMILES string of the molecule is O=C(CCC(=O)N1CC2CC(C1)c1cccc(=O)n1C2)NCCSc1ccccc1. The van der Waals surface area contributed by atoms with Crippen molar-refractivity contribution >= 4 is 23.6 Å². The predicted molar refractivity (Wildman–Crippen MR) is 118 cm³/mol. The fraction of sp³-hybridized carbons (Fsp3) is 0.435. The number of benzene rings is 1. The number of thioether (sulfide) groups is 1. The van der Waals surface area contributed by atoms with Crippen LogP contribution in [-0.2, 0) is 16.1 Å². The number of rotatable bonds is 7. The lowest BCUT2D eigenvalue weighted by atomic mass is 9.83. The number of likely N-dealkylation sites (tertiary alicyclic amines) is 1. The number of aromatic nitrogens is 1. The van der Waals surface area contributed by atoms with E-state index in [4.69, 9.17) is 0 Å². The first-order valence-corrected chi connectivity index (χ1v) is 11.5. The van der Waals surface area contributed by atoms with Crippen LogP contribution in [0.25, 0.3) is 0 Å². The third kappa shape index (κ3) is 4.95. The predicted octanol–water partition coefficient (Wildman–Crippen LogP) is 2.48. The summed E-state index contributed by atoms with van der Waals surface area (Å²) in [6.45, 7) is 2.57. The Hall–Kier alpha value is -2.54. The third-order valence-corrected chi connectivity index (χ3v) is 6.85. The van der Waals surface area contributed by atoms with Crippen molar-refractivity contribution in [2.75, 3.05) is 25.4 Å². The van der Waals surface area contributed by atoms with Crippen molar-refractivity contribution in [1.29, 1.82) is 0 Å². The van der Waals surface area contributed by atoms with Crippen molar-refractivity contribution < 1.29 is 9.59 Å². The first kappa shape index (κ1) is 20.7. The molecule has 1 saturated heterocycles. The summed E-state index contributed by atoms with van der Waals surface area (Å²) in [5.41, 5.74) is 1.08. The summed E-state index contributed by atoms with van der Waals surface area (Å²) in [6.07, 6.45) is 1.47. The Kier molecular flexibility index (Phi) is 6.57. The molecule has 1 aromatic heterocycles. The first-order valence-electron chi connectivity index (χ1n) is 10.5. The highest BCUT2D eigenvalue weighted by Crippen LogP contribution is 2.35. The summed E-state index contributed by atoms with van der Waals surface area (Å²) in [7, 11) is 0. The van der Waals surface area contributed by atoms with Gasteiger partial charge in [0.05, 0.1) is 0 Å². The van der Waals surface area contributed by atoms with E-state index in [1.165, 1.54) is 4.90 Å². The van der Waals surface area contributed by atoms with Gasteiger partial charge in [-0.05, 0) is 30.5 Å². The summed E-state index contributed by atoms with van der Waals surface area (Å²) in [5.74, 6) is 1.28. The fourth-order valence-corrected chi connectivity index (χ4v) is 5.23. The normalized spacial score (nSPS) is 19.8. The molecule has 2 bridgehead atoms. The first-order chi connectivity index (χ1) is 14.6. The zero-order chi connectivity index (χ0) is 20.9. The molecule has 1 N–H and O–H groups in total. The molecule has 2 atom stereocenters. The topological polar surface area (TPSA) is 71.4 Å². The molecule has 0 radical (unpaired) electrons. The molecule has 1 aromatic carbocycles. The Morgan fingerprint density at radius 1 is 1.00 bits per heavy atom. The number of carbonyl (C=O) groups excluding carboxylic acids is 2. The summed E-state index contributed by atoms with van der Waals surface area (Å²) in [4.78, 5) is 40.0. The largest absolute Gasteiger partial charge is 0.355 e. The Morgan fingerprint density at radius 2 is 1.83 bits per heavy atom. The van der Waals surface area contributed by atoms with Gasteiger partial charge in [0, 0.05) is 67.3 Å². The van der Waals surface area contributed by atoms with E-state index in [1.54, 1.807) is 23.9 Å². The number of pyridine rings is 1. The zero-order valence-electron chi connectivity index (χ0n) is 17.0. The van der Waals surface area contributed by atoms with Gasteiger partial charge >= 0.3 is 0 Å². The Labute approximate surface area is 180 Å². The molecule has 7 heteroatoms. The molecular formula is C23H27N3O3S. The van der Waals surface area contributed by atoms with Crippen LogP contribution in [0.3, 0.4) is 0 Å². The van der Waals surface area contributed by atoms with Crippen LogP contribution in [0, 0.1) is 5.92 Å². The van der Waals surface area contributed by atoms with E-state index in [9.17, 15) is 14.4 Å². The van der Waals surface area contributed by atoms with Gasteiger partial charge in [-0.1, -0.05) is 24.3 Å². The molecule has 2 aliphatic heterocycles. The van der Waals surface area contributed by atoms with Gasteiger partial charge in [-0.3, -0.25) is 14.4 Å². The van der Waals surface area contributed by atoms with E-state index in [0.29, 0.717) is 32.1 Å². The highest BCUT2D eigenvalue weighted by Gasteiger charge is 2.36. The molecule has 158 valence electrons. The lowest BCUT2D eigenvalue weighted by molar-refractivity contribution is -0.136. The highest BCUT2D eigenvalue weighted by molar-refractivity contribution is 7.99. The van der Waals surface area contributed by atoms with Gasteiger partial charge in [0.1, 0.15) is 0 Å². The molecular weight excluding hydrogens is 398 g/mol. The summed E-state index contributed by atoms with van der Waals surface area (Å²) in [5, 5.41) is 2.90. The summed E-state index contributed by atoms with van der Waals surface area (Å²) < 4.78 is 1.86. The molecule has 30 heavy (non-hydrogen) atoms. The molecule has 0 saturated carbocycles. The second kappa shape index (κ2) is 9.51. The van der Waals surface area contributed by atoms with Crippen LogP contribution in [-0.4, -0.2) is 46.7 Å². The number of nitrogens with zero attached hydrogens (tertiary/aromatic N) is 2. The van der Waals surface area contributed by atoms with Crippen LogP contribution in [0.1, 0.15) is 30.9 Å². The van der Waals surface area contributed by atoms with Gasteiger partial charge in [-0.15, -0.1) is 11.8 Å². The number of carbonyl (C=O) groups is 2. The zero-order valence-corrected chi connectivity index (χ0v) is 17.8. The monoisotopic (exact) mass is 425 g/mol. The highest BCUT2D eigenvalue weighted by atomic mass is 32.2. The maximum Gasteiger partial charge on any atom is 0.250 e. The van der Waals surface area contributed by atoms with Gasteiger partial charge in [-0.2, -0.15) is 0 Å². The van der Waals surface area contributed by atoms with Crippen molar-refractivity contribution in [3.05, 3.63) is 64.6 Å². The molecule has 0 aliphatic carbocycles. The number of piperidine rings is 1. The molecule has 1 fully saturated rings. The van der Waals surface area contributed by atoms with Crippen molar-refractivity contribution in [2.45, 2.75) is 36.6 Å². The lowest BCUT2D eigenvalue weighted by Gasteiger charge is -2.42. The number of nitrogens with one attached hydrogen (secondary N) is 1. The molecule has 2 unspecified atom stereocenters. The van der Waals surface area contributed by atoms with E-state index in [-0.39, 0.29) is 36.1 Å². The van der Waals surface area contributed by atoms with Gasteiger partial charge in [0.25, 0.3) is 5.56 Å². The minimum absolute atomic E-state index is 0.0326. The van der Waals surface area contributed by atoms with Crippen LogP contribution >= 0.6 is 11.8 Å². The molecule has 2 amide bonds. The molecule has 6 nitrogen and oxygen atoms in total. The smallest absolute Gasteiger partial charge is 0.250 e. The van der Waals surface area contributed by atoms with E-state index in [2.05, 4.69) is 5.32 Å². The Morgan fingerprint density at radius 3 is 2.67 bits per heavy atom. The fourth-order valence-electron chi connectivity index (χ4n) is 4.44. The number of hydrogen-bond acceptors (Lipinski definition) is 4. The average Bonchev–Trinajstić information content (AvgIpc) is 2.76. The van der Waals surface area contributed by atoms with E-state index in [0.717, 1.165) is 17.9 Å². The van der Waals surface area contributed by atoms with Gasteiger partial charge in [0.2, 0.25) is 11.8 Å². The maximum atomic E-state index is 12.7. The summed E-state index contributed by atoms with van der Waals surface area (Å²) >= 11 is 1.70. The van der Waals surface area contributed by atoms with Crippen LogP contribution in [0.15, 0.2) is 58.2 Å². The van der Waals surface area contributed by atoms with Crippen LogP contribution in [0.2, 0.25) is 0 Å². The molecule has 4 rings (SSSR count). The Bertz CT molecular complexity index is 960. The van der Waals surface area contributed by atoms with Gasteiger partial charge < -0.3 is 14.8 Å². The number of hydrogen-bond donors (Lipinski definition) is 1. The second-order valence-corrected chi connectivity index (χ2v) is 9.18. The maximum absolute atomic E-state index is 12.7. The molecule has 2 aromatic rings. The average molecular weight is 426 g/mol. The summed E-state index contributed by atoms with van der Waals surface area (Å²) in [6, 6.07) is 15.5.